The van der Waals surface area contributed by atoms with Crippen LogP contribution in [-0.2, 0) is 0 Å². The Morgan fingerprint density at radius 3 is 2.32 bits per heavy atom. The lowest BCUT2D eigenvalue weighted by molar-refractivity contribution is 0.0394. The third kappa shape index (κ3) is 2.45. The van der Waals surface area contributed by atoms with E-state index in [4.69, 9.17) is 0 Å². The lowest BCUT2D eigenvalue weighted by Crippen LogP contribution is -2.48. The molecule has 0 bridgehead atoms. The molecule has 4 heteroatoms. The highest BCUT2D eigenvalue weighted by molar-refractivity contribution is 5.95. The minimum atomic E-state index is -0.489. The van der Waals surface area contributed by atoms with Gasteiger partial charge < -0.3 is 14.9 Å². The fraction of sp³-hybridized carbons (Fsp3) is 0.533. The Bertz CT molecular complexity index is 466. The van der Waals surface area contributed by atoms with Gasteiger partial charge in [0.1, 0.15) is 0 Å². The minimum Gasteiger partial charge on any atom is -0.391 e. The van der Waals surface area contributed by atoms with Crippen LogP contribution in [0.15, 0.2) is 24.3 Å². The van der Waals surface area contributed by atoms with Gasteiger partial charge in [0, 0.05) is 31.9 Å². The van der Waals surface area contributed by atoms with Crippen LogP contribution in [0, 0.1) is 0 Å². The summed E-state index contributed by atoms with van der Waals surface area (Å²) in [4.78, 5) is 16.3. The Morgan fingerprint density at radius 2 is 1.89 bits per heavy atom. The molecule has 1 aromatic rings. The maximum atomic E-state index is 12.5. The zero-order valence-electron chi connectivity index (χ0n) is 12.1. The molecule has 1 amide bonds. The van der Waals surface area contributed by atoms with Crippen molar-refractivity contribution < 1.29 is 9.90 Å². The highest BCUT2D eigenvalue weighted by atomic mass is 16.3. The molecule has 1 unspecified atom stereocenters. The Balaban J connectivity index is 2.21. The van der Waals surface area contributed by atoms with Crippen LogP contribution in [0.3, 0.4) is 0 Å². The van der Waals surface area contributed by atoms with Crippen molar-refractivity contribution in [3.05, 3.63) is 29.8 Å². The molecule has 1 heterocycles. The van der Waals surface area contributed by atoms with Gasteiger partial charge in [0.25, 0.3) is 5.91 Å². The average Bonchev–Trinajstić information content (AvgIpc) is 2.63. The van der Waals surface area contributed by atoms with Crippen LogP contribution in [0.1, 0.15) is 30.6 Å². The predicted molar refractivity (Wildman–Crippen MR) is 76.5 cm³/mol. The fourth-order valence-corrected chi connectivity index (χ4v) is 2.49. The third-order valence-electron chi connectivity index (χ3n) is 4.01. The standard InChI is InChI=1S/C15H22N2O2/c1-15(2)13(18)9-10-17(15)14(19)11-5-7-12(8-6-11)16(3)4/h5-8,13,18H,9-10H2,1-4H3. The summed E-state index contributed by atoms with van der Waals surface area (Å²) in [7, 11) is 3.94. The molecule has 1 aliphatic rings. The lowest BCUT2D eigenvalue weighted by Gasteiger charge is -2.33. The Kier molecular flexibility index (Phi) is 3.54. The topological polar surface area (TPSA) is 43.8 Å². The van der Waals surface area contributed by atoms with Gasteiger partial charge in [0.2, 0.25) is 0 Å². The van der Waals surface area contributed by atoms with E-state index < -0.39 is 11.6 Å². The fourth-order valence-electron chi connectivity index (χ4n) is 2.49. The normalized spacial score (nSPS) is 21.5. The molecule has 1 saturated heterocycles. The SMILES string of the molecule is CN(C)c1ccc(C(=O)N2CCC(O)C2(C)C)cc1. The number of hydrogen-bond acceptors (Lipinski definition) is 3. The first-order valence-electron chi connectivity index (χ1n) is 6.61. The molecule has 0 spiro atoms. The van der Waals surface area contributed by atoms with E-state index in [0.29, 0.717) is 18.5 Å². The van der Waals surface area contributed by atoms with Gasteiger partial charge in [-0.05, 0) is 44.5 Å². The van der Waals surface area contributed by atoms with Gasteiger partial charge in [-0.3, -0.25) is 4.79 Å². The molecule has 1 fully saturated rings. The Labute approximate surface area is 114 Å². The minimum absolute atomic E-state index is 0.00754. The van der Waals surface area contributed by atoms with E-state index in [9.17, 15) is 9.90 Å². The number of anilines is 1. The van der Waals surface area contributed by atoms with Crippen LogP contribution in [0.5, 0.6) is 0 Å². The van der Waals surface area contributed by atoms with E-state index in [2.05, 4.69) is 0 Å². The maximum Gasteiger partial charge on any atom is 0.254 e. The number of rotatable bonds is 2. The summed E-state index contributed by atoms with van der Waals surface area (Å²) in [5, 5.41) is 9.94. The molecule has 1 N–H and O–H groups in total. The highest BCUT2D eigenvalue weighted by Gasteiger charge is 2.42. The van der Waals surface area contributed by atoms with Gasteiger partial charge in [0.15, 0.2) is 0 Å². The number of hydrogen-bond donors (Lipinski definition) is 1. The first-order chi connectivity index (χ1) is 8.84. The van der Waals surface area contributed by atoms with Gasteiger partial charge in [-0.15, -0.1) is 0 Å². The van der Waals surface area contributed by atoms with Gasteiger partial charge in [-0.25, -0.2) is 0 Å². The van der Waals surface area contributed by atoms with E-state index in [0.717, 1.165) is 5.69 Å². The van der Waals surface area contributed by atoms with Crippen molar-refractivity contribution in [2.24, 2.45) is 0 Å². The second-order valence-corrected chi connectivity index (χ2v) is 5.86. The Morgan fingerprint density at radius 1 is 1.32 bits per heavy atom. The predicted octanol–water partition coefficient (Wildman–Crippen LogP) is 1.74. The number of aliphatic hydroxyl groups excluding tert-OH is 1. The summed E-state index contributed by atoms with van der Waals surface area (Å²) in [5.74, 6) is -0.00754. The quantitative estimate of drug-likeness (QED) is 0.883. The number of aliphatic hydroxyl groups is 1. The molecule has 1 atom stereocenters. The molecule has 1 aliphatic heterocycles. The summed E-state index contributed by atoms with van der Waals surface area (Å²) in [5.41, 5.74) is 1.25. The number of nitrogens with zero attached hydrogens (tertiary/aromatic N) is 2. The van der Waals surface area contributed by atoms with Crippen LogP contribution in [0.25, 0.3) is 0 Å². The van der Waals surface area contributed by atoms with Gasteiger partial charge >= 0.3 is 0 Å². The second-order valence-electron chi connectivity index (χ2n) is 5.86. The zero-order valence-corrected chi connectivity index (χ0v) is 12.1. The van der Waals surface area contributed by atoms with Crippen LogP contribution in [0.2, 0.25) is 0 Å². The number of amides is 1. The molecule has 0 radical (unpaired) electrons. The van der Waals surface area contributed by atoms with Gasteiger partial charge in [0.05, 0.1) is 11.6 Å². The maximum absolute atomic E-state index is 12.5. The van der Waals surface area contributed by atoms with Crippen LogP contribution in [-0.4, -0.2) is 48.2 Å². The molecule has 0 aliphatic carbocycles. The van der Waals surface area contributed by atoms with Gasteiger partial charge in [-0.1, -0.05) is 0 Å². The molecule has 4 nitrogen and oxygen atoms in total. The van der Waals surface area contributed by atoms with Crippen molar-refractivity contribution in [1.82, 2.24) is 4.90 Å². The van der Waals surface area contributed by atoms with Crippen molar-refractivity contribution in [2.75, 3.05) is 25.5 Å². The molecule has 19 heavy (non-hydrogen) atoms. The molecule has 0 aromatic heterocycles. The van der Waals surface area contributed by atoms with E-state index in [1.165, 1.54) is 0 Å². The number of likely N-dealkylation sites (tertiary alicyclic amines) is 1. The van der Waals surface area contributed by atoms with Crippen molar-refractivity contribution in [3.63, 3.8) is 0 Å². The first-order valence-corrected chi connectivity index (χ1v) is 6.61. The Hall–Kier alpha value is -1.55. The molecule has 0 saturated carbocycles. The van der Waals surface area contributed by atoms with E-state index in [1.54, 1.807) is 4.90 Å². The summed E-state index contributed by atoms with van der Waals surface area (Å²) >= 11 is 0. The van der Waals surface area contributed by atoms with E-state index in [1.807, 2.05) is 57.1 Å². The molecule has 1 aromatic carbocycles. The van der Waals surface area contributed by atoms with E-state index >= 15 is 0 Å². The van der Waals surface area contributed by atoms with Crippen LogP contribution in [0.4, 0.5) is 5.69 Å². The van der Waals surface area contributed by atoms with Crippen LogP contribution < -0.4 is 4.90 Å². The first kappa shape index (κ1) is 13.9. The number of carbonyl (C=O) groups is 1. The lowest BCUT2D eigenvalue weighted by atomic mass is 9.98. The van der Waals surface area contributed by atoms with Crippen molar-refractivity contribution in [2.45, 2.75) is 31.9 Å². The van der Waals surface area contributed by atoms with Crippen LogP contribution >= 0.6 is 0 Å². The zero-order chi connectivity index (χ0) is 14.2. The van der Waals surface area contributed by atoms with Crippen molar-refractivity contribution in [3.8, 4) is 0 Å². The molecular weight excluding hydrogens is 240 g/mol. The third-order valence-corrected chi connectivity index (χ3v) is 4.01. The van der Waals surface area contributed by atoms with E-state index in [-0.39, 0.29) is 5.91 Å². The summed E-state index contributed by atoms with van der Waals surface area (Å²) in [6, 6.07) is 7.57. The van der Waals surface area contributed by atoms with Crippen molar-refractivity contribution >= 4 is 11.6 Å². The van der Waals surface area contributed by atoms with Crippen molar-refractivity contribution in [1.29, 1.82) is 0 Å². The van der Waals surface area contributed by atoms with Gasteiger partial charge in [-0.2, -0.15) is 0 Å². The summed E-state index contributed by atoms with van der Waals surface area (Å²) in [6.45, 7) is 4.44. The smallest absolute Gasteiger partial charge is 0.254 e. The summed E-state index contributed by atoms with van der Waals surface area (Å²) < 4.78 is 0. The number of carbonyl (C=O) groups excluding carboxylic acids is 1. The monoisotopic (exact) mass is 262 g/mol. The second kappa shape index (κ2) is 4.85. The largest absolute Gasteiger partial charge is 0.391 e. The molecule has 104 valence electrons. The highest BCUT2D eigenvalue weighted by Crippen LogP contribution is 2.30. The number of benzene rings is 1. The average molecular weight is 262 g/mol. The summed E-state index contributed by atoms with van der Waals surface area (Å²) in [6.07, 6.45) is 0.201. The molecular formula is C15H22N2O2. The molecule has 2 rings (SSSR count).